The molecule has 0 saturated carbocycles. The van der Waals surface area contributed by atoms with Crippen LogP contribution in [0.1, 0.15) is 21.6 Å². The highest BCUT2D eigenvalue weighted by Crippen LogP contribution is 1.98. The van der Waals surface area contributed by atoms with Crippen molar-refractivity contribution in [2.75, 3.05) is 0 Å². The van der Waals surface area contributed by atoms with Crippen molar-refractivity contribution >= 4 is 12.1 Å². The molecule has 0 radical (unpaired) electrons. The zero-order valence-corrected chi connectivity index (χ0v) is 9.87. The van der Waals surface area contributed by atoms with Crippen LogP contribution in [0.4, 0.5) is 0 Å². The molecule has 2 aromatic heterocycles. The maximum Gasteiger partial charge on any atom is 0.272 e. The summed E-state index contributed by atoms with van der Waals surface area (Å²) in [4.78, 5) is 19.6. The number of carbonyl (C=O) groups is 1. The molecule has 0 aliphatic carbocycles. The number of nitrogens with one attached hydrogen (secondary N) is 1. The van der Waals surface area contributed by atoms with E-state index in [1.165, 1.54) is 12.4 Å². The molecule has 0 aliphatic heterocycles. The summed E-state index contributed by atoms with van der Waals surface area (Å²) in [7, 11) is 0. The van der Waals surface area contributed by atoms with E-state index in [-0.39, 0.29) is 5.91 Å². The van der Waals surface area contributed by atoms with Crippen molar-refractivity contribution in [2.24, 2.45) is 5.10 Å². The lowest BCUT2D eigenvalue weighted by atomic mass is 10.2. The van der Waals surface area contributed by atoms with Crippen LogP contribution in [0.15, 0.2) is 48.0 Å². The third kappa shape index (κ3) is 3.21. The van der Waals surface area contributed by atoms with Gasteiger partial charge in [0, 0.05) is 29.8 Å². The first-order valence-electron chi connectivity index (χ1n) is 5.42. The average molecular weight is 240 g/mol. The Kier molecular flexibility index (Phi) is 3.76. The van der Waals surface area contributed by atoms with Crippen LogP contribution in [0.3, 0.4) is 0 Å². The van der Waals surface area contributed by atoms with E-state index in [2.05, 4.69) is 20.5 Å². The fourth-order valence-electron chi connectivity index (χ4n) is 1.28. The monoisotopic (exact) mass is 240 g/mol. The van der Waals surface area contributed by atoms with E-state index < -0.39 is 0 Å². The van der Waals surface area contributed by atoms with E-state index in [4.69, 9.17) is 0 Å². The van der Waals surface area contributed by atoms with Crippen molar-refractivity contribution in [3.8, 4) is 0 Å². The number of hydrazone groups is 1. The van der Waals surface area contributed by atoms with Gasteiger partial charge in [-0.05, 0) is 25.1 Å². The van der Waals surface area contributed by atoms with Gasteiger partial charge < -0.3 is 0 Å². The number of aryl methyl sites for hydroxylation is 1. The quantitative estimate of drug-likeness (QED) is 0.653. The Morgan fingerprint density at radius 3 is 2.89 bits per heavy atom. The van der Waals surface area contributed by atoms with Gasteiger partial charge in [-0.3, -0.25) is 14.8 Å². The zero-order valence-electron chi connectivity index (χ0n) is 9.87. The molecule has 0 atom stereocenters. The lowest BCUT2D eigenvalue weighted by Crippen LogP contribution is -2.17. The van der Waals surface area contributed by atoms with Gasteiger partial charge in [-0.2, -0.15) is 5.10 Å². The van der Waals surface area contributed by atoms with Crippen molar-refractivity contribution < 1.29 is 4.79 Å². The average Bonchev–Trinajstić information content (AvgIpc) is 2.40. The highest BCUT2D eigenvalue weighted by molar-refractivity contribution is 5.94. The molecule has 1 N–H and O–H groups in total. The van der Waals surface area contributed by atoms with Crippen LogP contribution in [0.25, 0.3) is 0 Å². The molecule has 2 heterocycles. The Bertz CT molecular complexity index is 549. The Hall–Kier alpha value is -2.56. The number of pyridine rings is 2. The second-order valence-electron chi connectivity index (χ2n) is 3.67. The molecular weight excluding hydrogens is 228 g/mol. The Balaban J connectivity index is 1.96. The van der Waals surface area contributed by atoms with Crippen molar-refractivity contribution in [2.45, 2.75) is 6.92 Å². The lowest BCUT2D eigenvalue weighted by molar-refractivity contribution is 0.0955. The summed E-state index contributed by atoms with van der Waals surface area (Å²) >= 11 is 0. The molecule has 0 unspecified atom stereocenters. The number of hydrogen-bond donors (Lipinski definition) is 1. The van der Waals surface area contributed by atoms with E-state index >= 15 is 0 Å². The minimum atomic E-state index is -0.289. The highest BCUT2D eigenvalue weighted by atomic mass is 16.2. The Morgan fingerprint density at radius 2 is 2.22 bits per heavy atom. The van der Waals surface area contributed by atoms with Gasteiger partial charge in [-0.25, -0.2) is 5.43 Å². The first-order valence-corrected chi connectivity index (χ1v) is 5.42. The van der Waals surface area contributed by atoms with E-state index in [1.807, 2.05) is 13.0 Å². The van der Waals surface area contributed by atoms with Gasteiger partial charge in [0.1, 0.15) is 0 Å². The molecule has 5 nitrogen and oxygen atoms in total. The summed E-state index contributed by atoms with van der Waals surface area (Å²) in [5, 5.41) is 3.85. The first-order chi connectivity index (χ1) is 8.75. The second kappa shape index (κ2) is 5.67. The van der Waals surface area contributed by atoms with Crippen molar-refractivity contribution in [1.29, 1.82) is 0 Å². The molecule has 1 amide bonds. The molecule has 0 bridgehead atoms. The molecule has 18 heavy (non-hydrogen) atoms. The maximum atomic E-state index is 11.7. The molecule has 0 saturated heterocycles. The van der Waals surface area contributed by atoms with Gasteiger partial charge in [0.05, 0.1) is 11.8 Å². The largest absolute Gasteiger partial charge is 0.272 e. The lowest BCUT2D eigenvalue weighted by Gasteiger charge is -1.99. The highest BCUT2D eigenvalue weighted by Gasteiger charge is 2.03. The molecule has 90 valence electrons. The van der Waals surface area contributed by atoms with Crippen LogP contribution in [0.5, 0.6) is 0 Å². The van der Waals surface area contributed by atoms with E-state index in [9.17, 15) is 4.79 Å². The Labute approximate surface area is 105 Å². The summed E-state index contributed by atoms with van der Waals surface area (Å²) in [6.07, 6.45) is 6.38. The molecule has 0 fully saturated rings. The smallest absolute Gasteiger partial charge is 0.267 e. The summed E-state index contributed by atoms with van der Waals surface area (Å²) in [6, 6.07) is 7.13. The van der Waals surface area contributed by atoms with E-state index in [0.717, 1.165) is 11.3 Å². The summed E-state index contributed by atoms with van der Waals surface area (Å²) < 4.78 is 0. The molecule has 0 spiro atoms. The van der Waals surface area contributed by atoms with Crippen LogP contribution in [-0.4, -0.2) is 22.1 Å². The predicted molar refractivity (Wildman–Crippen MR) is 68.3 cm³/mol. The normalized spacial score (nSPS) is 10.5. The SMILES string of the molecule is Cc1ccc(C(=O)NN=Cc2cccnc2)cn1. The van der Waals surface area contributed by atoms with Crippen LogP contribution in [0, 0.1) is 6.92 Å². The summed E-state index contributed by atoms with van der Waals surface area (Å²) in [5.41, 5.74) is 4.59. The number of amides is 1. The van der Waals surface area contributed by atoms with Gasteiger partial charge in [0.25, 0.3) is 5.91 Å². The third-order valence-electron chi connectivity index (χ3n) is 2.24. The van der Waals surface area contributed by atoms with Crippen LogP contribution >= 0.6 is 0 Å². The minimum Gasteiger partial charge on any atom is -0.267 e. The fourth-order valence-corrected chi connectivity index (χ4v) is 1.28. The number of aromatic nitrogens is 2. The number of nitrogens with zero attached hydrogens (tertiary/aromatic N) is 3. The van der Waals surface area contributed by atoms with Gasteiger partial charge >= 0.3 is 0 Å². The van der Waals surface area contributed by atoms with Crippen molar-refractivity contribution in [3.05, 3.63) is 59.7 Å². The van der Waals surface area contributed by atoms with Gasteiger partial charge in [0.15, 0.2) is 0 Å². The number of hydrogen-bond acceptors (Lipinski definition) is 4. The summed E-state index contributed by atoms with van der Waals surface area (Å²) in [5.74, 6) is -0.289. The zero-order chi connectivity index (χ0) is 12.8. The Morgan fingerprint density at radius 1 is 1.33 bits per heavy atom. The molecular formula is C13H12N4O. The maximum absolute atomic E-state index is 11.7. The van der Waals surface area contributed by atoms with Crippen molar-refractivity contribution in [3.63, 3.8) is 0 Å². The van der Waals surface area contributed by atoms with E-state index in [0.29, 0.717) is 5.56 Å². The van der Waals surface area contributed by atoms with Crippen molar-refractivity contribution in [1.82, 2.24) is 15.4 Å². The van der Waals surface area contributed by atoms with Crippen LogP contribution in [-0.2, 0) is 0 Å². The standard InChI is InChI=1S/C13H12N4O/c1-10-4-5-12(9-15-10)13(18)17-16-8-11-3-2-6-14-7-11/h2-9H,1H3,(H,17,18). The molecule has 2 rings (SSSR count). The first kappa shape index (κ1) is 11.9. The molecule has 0 aliphatic rings. The van der Waals surface area contributed by atoms with Crippen LogP contribution < -0.4 is 5.43 Å². The van der Waals surface area contributed by atoms with E-state index in [1.54, 1.807) is 30.6 Å². The van der Waals surface area contributed by atoms with Crippen LogP contribution in [0.2, 0.25) is 0 Å². The number of carbonyl (C=O) groups excluding carboxylic acids is 1. The molecule has 0 aromatic carbocycles. The van der Waals surface area contributed by atoms with Gasteiger partial charge in [0.2, 0.25) is 0 Å². The van der Waals surface area contributed by atoms with Gasteiger partial charge in [-0.1, -0.05) is 6.07 Å². The summed E-state index contributed by atoms with van der Waals surface area (Å²) in [6.45, 7) is 1.86. The number of rotatable bonds is 3. The minimum absolute atomic E-state index is 0.289. The fraction of sp³-hybridized carbons (Fsp3) is 0.0769. The molecule has 5 heteroatoms. The van der Waals surface area contributed by atoms with Gasteiger partial charge in [-0.15, -0.1) is 0 Å². The topological polar surface area (TPSA) is 67.2 Å². The predicted octanol–water partition coefficient (Wildman–Crippen LogP) is 1.55. The third-order valence-corrected chi connectivity index (χ3v) is 2.24. The molecule has 2 aromatic rings. The second-order valence-corrected chi connectivity index (χ2v) is 3.67.